The van der Waals surface area contributed by atoms with Crippen molar-refractivity contribution < 1.29 is 13.2 Å². The minimum atomic E-state index is -3.49. The van der Waals surface area contributed by atoms with Crippen LogP contribution < -0.4 is 10.6 Å². The fourth-order valence-corrected chi connectivity index (χ4v) is 3.85. The van der Waals surface area contributed by atoms with Gasteiger partial charge in [-0.3, -0.25) is 4.90 Å². The molecule has 1 heterocycles. The van der Waals surface area contributed by atoms with Crippen molar-refractivity contribution in [2.24, 2.45) is 4.99 Å². The molecule has 1 aliphatic heterocycles. The summed E-state index contributed by atoms with van der Waals surface area (Å²) in [4.78, 5) is 7.21. The van der Waals surface area contributed by atoms with Gasteiger partial charge in [0.1, 0.15) is 0 Å². The van der Waals surface area contributed by atoms with Crippen LogP contribution in [0.25, 0.3) is 0 Å². The topological polar surface area (TPSA) is 86.3 Å². The summed E-state index contributed by atoms with van der Waals surface area (Å²) in [6.07, 6.45) is 0. The lowest BCUT2D eigenvalue weighted by Gasteiger charge is -2.26. The van der Waals surface area contributed by atoms with E-state index in [-0.39, 0.29) is 30.5 Å². The Bertz CT molecular complexity index is 722. The van der Waals surface area contributed by atoms with Gasteiger partial charge in [-0.2, -0.15) is 0 Å². The first-order valence-electron chi connectivity index (χ1n) is 9.28. The smallest absolute Gasteiger partial charge is 0.242 e. The zero-order chi connectivity index (χ0) is 19.7. The number of rotatable bonds is 8. The molecular formula is C18H32IN5O3S. The van der Waals surface area contributed by atoms with Gasteiger partial charge in [0.05, 0.1) is 24.7 Å². The first-order chi connectivity index (χ1) is 12.9. The average molecular weight is 525 g/mol. The summed E-state index contributed by atoms with van der Waals surface area (Å²) in [5, 5.41) is 6.52. The predicted octanol–water partition coefficient (Wildman–Crippen LogP) is 0.942. The van der Waals surface area contributed by atoms with E-state index >= 15 is 0 Å². The van der Waals surface area contributed by atoms with Gasteiger partial charge in [0.25, 0.3) is 0 Å². The number of morpholine rings is 1. The molecule has 1 aromatic carbocycles. The van der Waals surface area contributed by atoms with Crippen LogP contribution in [0.4, 0.5) is 0 Å². The Morgan fingerprint density at radius 2 is 1.89 bits per heavy atom. The molecule has 2 N–H and O–H groups in total. The molecule has 10 heteroatoms. The first kappa shape index (κ1) is 25.1. The summed E-state index contributed by atoms with van der Waals surface area (Å²) >= 11 is 0. The highest BCUT2D eigenvalue weighted by Crippen LogP contribution is 2.19. The van der Waals surface area contributed by atoms with Crippen molar-refractivity contribution in [3.63, 3.8) is 0 Å². The van der Waals surface area contributed by atoms with Gasteiger partial charge in [0.15, 0.2) is 5.96 Å². The van der Waals surface area contributed by atoms with E-state index in [0.29, 0.717) is 16.4 Å². The van der Waals surface area contributed by atoms with Gasteiger partial charge >= 0.3 is 0 Å². The molecule has 0 amide bonds. The largest absolute Gasteiger partial charge is 0.379 e. The van der Waals surface area contributed by atoms with Crippen molar-refractivity contribution >= 4 is 40.0 Å². The van der Waals surface area contributed by atoms with Crippen LogP contribution in [-0.2, 0) is 21.3 Å². The number of nitrogens with zero attached hydrogens (tertiary/aromatic N) is 3. The van der Waals surface area contributed by atoms with Crippen LogP contribution in [0.15, 0.2) is 34.2 Å². The maximum absolute atomic E-state index is 12.5. The van der Waals surface area contributed by atoms with Crippen LogP contribution >= 0.6 is 24.0 Å². The second-order valence-electron chi connectivity index (χ2n) is 6.47. The molecule has 0 saturated carbocycles. The SMILES string of the molecule is CCNC(=NCc1ccccc1S(=O)(=O)N(C)C)NCCN1CCOCC1.I. The van der Waals surface area contributed by atoms with E-state index in [2.05, 4.69) is 20.5 Å². The molecule has 0 aliphatic carbocycles. The Morgan fingerprint density at radius 3 is 2.54 bits per heavy atom. The van der Waals surface area contributed by atoms with Gasteiger partial charge in [-0.25, -0.2) is 17.7 Å². The number of benzene rings is 1. The molecule has 8 nitrogen and oxygen atoms in total. The first-order valence-corrected chi connectivity index (χ1v) is 10.7. The lowest BCUT2D eigenvalue weighted by Crippen LogP contribution is -2.44. The van der Waals surface area contributed by atoms with Crippen LogP contribution in [0.3, 0.4) is 0 Å². The number of hydrogen-bond donors (Lipinski definition) is 2. The quantitative estimate of drug-likeness (QED) is 0.299. The highest BCUT2D eigenvalue weighted by atomic mass is 127. The monoisotopic (exact) mass is 525 g/mol. The number of hydrogen-bond acceptors (Lipinski definition) is 5. The molecule has 1 aromatic rings. The number of halogens is 1. The lowest BCUT2D eigenvalue weighted by molar-refractivity contribution is 0.0389. The van der Waals surface area contributed by atoms with Crippen molar-refractivity contribution in [1.82, 2.24) is 19.8 Å². The highest BCUT2D eigenvalue weighted by Gasteiger charge is 2.20. The minimum Gasteiger partial charge on any atom is -0.379 e. The van der Waals surface area contributed by atoms with Crippen LogP contribution in [0.2, 0.25) is 0 Å². The molecule has 0 radical (unpaired) electrons. The van der Waals surface area contributed by atoms with Crippen molar-refractivity contribution in [2.45, 2.75) is 18.4 Å². The standard InChI is InChI=1S/C18H31N5O3S.HI/c1-4-19-18(20-9-10-23-11-13-26-14-12-23)21-15-16-7-5-6-8-17(16)27(24,25)22(2)3;/h5-8H,4,9-15H2,1-3H3,(H2,19,20,21);1H. The lowest BCUT2D eigenvalue weighted by atomic mass is 10.2. The van der Waals surface area contributed by atoms with Crippen molar-refractivity contribution in [1.29, 1.82) is 0 Å². The molecule has 0 aromatic heterocycles. The zero-order valence-corrected chi connectivity index (χ0v) is 20.0. The van der Waals surface area contributed by atoms with Crippen molar-refractivity contribution in [3.05, 3.63) is 29.8 Å². The molecular weight excluding hydrogens is 493 g/mol. The molecule has 160 valence electrons. The number of aliphatic imine (C=N–C) groups is 1. The van der Waals surface area contributed by atoms with E-state index in [0.717, 1.165) is 45.9 Å². The molecule has 1 saturated heterocycles. The van der Waals surface area contributed by atoms with Gasteiger partial charge in [-0.15, -0.1) is 24.0 Å². The Kier molecular flexibility index (Phi) is 11.3. The van der Waals surface area contributed by atoms with E-state index < -0.39 is 10.0 Å². The normalized spacial score (nSPS) is 15.9. The van der Waals surface area contributed by atoms with E-state index in [1.807, 2.05) is 13.0 Å². The van der Waals surface area contributed by atoms with E-state index in [9.17, 15) is 8.42 Å². The van der Waals surface area contributed by atoms with E-state index in [4.69, 9.17) is 4.74 Å². The Hall–Kier alpha value is -0.950. The number of ether oxygens (including phenoxy) is 1. The Balaban J connectivity index is 0.00000392. The summed E-state index contributed by atoms with van der Waals surface area (Å²) < 4.78 is 31.6. The summed E-state index contributed by atoms with van der Waals surface area (Å²) in [7, 11) is -0.426. The van der Waals surface area contributed by atoms with Crippen LogP contribution in [0.5, 0.6) is 0 Å². The third-order valence-electron chi connectivity index (χ3n) is 4.31. The number of nitrogens with one attached hydrogen (secondary N) is 2. The number of sulfonamides is 1. The van der Waals surface area contributed by atoms with Gasteiger partial charge < -0.3 is 15.4 Å². The van der Waals surface area contributed by atoms with Crippen molar-refractivity contribution in [3.8, 4) is 0 Å². The Labute approximate surface area is 185 Å². The molecule has 28 heavy (non-hydrogen) atoms. The number of guanidine groups is 1. The molecule has 1 aliphatic rings. The van der Waals surface area contributed by atoms with E-state index in [1.165, 1.54) is 18.4 Å². The summed E-state index contributed by atoms with van der Waals surface area (Å²) in [5.41, 5.74) is 0.677. The second-order valence-corrected chi connectivity index (χ2v) is 8.59. The molecule has 0 bridgehead atoms. The maximum Gasteiger partial charge on any atom is 0.242 e. The summed E-state index contributed by atoms with van der Waals surface area (Å²) in [6.45, 7) is 8.18. The summed E-state index contributed by atoms with van der Waals surface area (Å²) in [5.74, 6) is 0.683. The van der Waals surface area contributed by atoms with Gasteiger partial charge in [-0.1, -0.05) is 18.2 Å². The van der Waals surface area contributed by atoms with Gasteiger partial charge in [-0.05, 0) is 18.6 Å². The molecule has 0 atom stereocenters. The van der Waals surface area contributed by atoms with Gasteiger partial charge in [0.2, 0.25) is 10.0 Å². The van der Waals surface area contributed by atoms with Gasteiger partial charge in [0, 0.05) is 46.8 Å². The predicted molar refractivity (Wildman–Crippen MR) is 123 cm³/mol. The highest BCUT2D eigenvalue weighted by molar-refractivity contribution is 14.0. The fourth-order valence-electron chi connectivity index (χ4n) is 2.75. The third-order valence-corrected chi connectivity index (χ3v) is 6.22. The second kappa shape index (κ2) is 12.6. The minimum absolute atomic E-state index is 0. The molecule has 1 fully saturated rings. The summed E-state index contributed by atoms with van der Waals surface area (Å²) in [6, 6.07) is 6.99. The molecule has 0 spiro atoms. The third kappa shape index (κ3) is 7.47. The van der Waals surface area contributed by atoms with Crippen LogP contribution in [0, 0.1) is 0 Å². The van der Waals surface area contributed by atoms with Crippen LogP contribution in [0.1, 0.15) is 12.5 Å². The van der Waals surface area contributed by atoms with Crippen LogP contribution in [-0.4, -0.2) is 83.6 Å². The Morgan fingerprint density at radius 1 is 1.21 bits per heavy atom. The molecule has 0 unspecified atom stereocenters. The maximum atomic E-state index is 12.5. The molecule has 2 rings (SSSR count). The van der Waals surface area contributed by atoms with E-state index in [1.54, 1.807) is 18.2 Å². The van der Waals surface area contributed by atoms with Crippen molar-refractivity contribution in [2.75, 3.05) is 60.0 Å². The average Bonchev–Trinajstić information content (AvgIpc) is 2.67. The fraction of sp³-hybridized carbons (Fsp3) is 0.611. The zero-order valence-electron chi connectivity index (χ0n) is 16.8.